The van der Waals surface area contributed by atoms with Gasteiger partial charge < -0.3 is 15.0 Å². The summed E-state index contributed by atoms with van der Waals surface area (Å²) >= 11 is 0. The van der Waals surface area contributed by atoms with Gasteiger partial charge in [0.2, 0.25) is 11.8 Å². The molecule has 0 atom stereocenters. The Morgan fingerprint density at radius 1 is 1.32 bits per heavy atom. The molecule has 1 saturated carbocycles. The van der Waals surface area contributed by atoms with Gasteiger partial charge in [-0.25, -0.2) is 0 Å². The molecule has 2 aliphatic rings. The maximum Gasteiger partial charge on any atom is 0.248 e. The van der Waals surface area contributed by atoms with Crippen molar-refractivity contribution < 1.29 is 14.3 Å². The van der Waals surface area contributed by atoms with Crippen molar-refractivity contribution in [1.29, 1.82) is 0 Å². The Labute approximate surface area is 114 Å². The van der Waals surface area contributed by atoms with Crippen LogP contribution in [-0.2, 0) is 14.3 Å². The number of hydrogen-bond acceptors (Lipinski definition) is 3. The zero-order valence-electron chi connectivity index (χ0n) is 12.1. The molecule has 2 fully saturated rings. The molecule has 2 rings (SSSR count). The molecule has 0 radical (unpaired) electrons. The van der Waals surface area contributed by atoms with E-state index in [0.717, 1.165) is 25.7 Å². The van der Waals surface area contributed by atoms with E-state index in [-0.39, 0.29) is 17.4 Å². The molecule has 1 N–H and O–H groups in total. The molecule has 19 heavy (non-hydrogen) atoms. The highest BCUT2D eigenvalue weighted by Crippen LogP contribution is 2.35. The number of methoxy groups -OCH3 is 1. The van der Waals surface area contributed by atoms with Crippen molar-refractivity contribution in [3.63, 3.8) is 0 Å². The summed E-state index contributed by atoms with van der Waals surface area (Å²) in [5.41, 5.74) is -1.04. The summed E-state index contributed by atoms with van der Waals surface area (Å²) in [6.07, 6.45) is 3.91. The highest BCUT2D eigenvalue weighted by Gasteiger charge is 2.49. The van der Waals surface area contributed by atoms with Gasteiger partial charge in [-0.3, -0.25) is 9.59 Å². The van der Waals surface area contributed by atoms with Gasteiger partial charge >= 0.3 is 0 Å². The van der Waals surface area contributed by atoms with Crippen LogP contribution in [0.25, 0.3) is 0 Å². The summed E-state index contributed by atoms with van der Waals surface area (Å²) in [6.45, 7) is 4.94. The standard InChI is InChI=1S/C14H24N2O3/c1-13(2,10-19-3)16-9-6-11(17)15-14(12(16)18)7-4-5-8-14/h4-10H2,1-3H3,(H,15,17). The van der Waals surface area contributed by atoms with Crippen LogP contribution in [0.3, 0.4) is 0 Å². The summed E-state index contributed by atoms with van der Waals surface area (Å²) in [4.78, 5) is 26.6. The lowest BCUT2D eigenvalue weighted by Crippen LogP contribution is -2.60. The van der Waals surface area contributed by atoms with Crippen molar-refractivity contribution in [2.24, 2.45) is 0 Å². The van der Waals surface area contributed by atoms with E-state index in [2.05, 4.69) is 5.32 Å². The lowest BCUT2D eigenvalue weighted by Gasteiger charge is -2.41. The fraction of sp³-hybridized carbons (Fsp3) is 0.857. The average molecular weight is 268 g/mol. The molecule has 0 aromatic rings. The van der Waals surface area contributed by atoms with Crippen LogP contribution in [-0.4, -0.2) is 48.1 Å². The lowest BCUT2D eigenvalue weighted by atomic mass is 9.93. The Morgan fingerprint density at radius 3 is 2.53 bits per heavy atom. The van der Waals surface area contributed by atoms with Crippen molar-refractivity contribution in [2.75, 3.05) is 20.3 Å². The van der Waals surface area contributed by atoms with E-state index in [1.54, 1.807) is 7.11 Å². The van der Waals surface area contributed by atoms with Gasteiger partial charge in [0.1, 0.15) is 5.54 Å². The third-order valence-electron chi connectivity index (χ3n) is 4.28. The third-order valence-corrected chi connectivity index (χ3v) is 4.28. The molecule has 1 spiro atoms. The number of ether oxygens (including phenoxy) is 1. The highest BCUT2D eigenvalue weighted by atomic mass is 16.5. The molecular formula is C14H24N2O3. The number of carbonyl (C=O) groups is 2. The van der Waals surface area contributed by atoms with Gasteiger partial charge in [0.25, 0.3) is 0 Å². The molecule has 5 heteroatoms. The van der Waals surface area contributed by atoms with Crippen LogP contribution < -0.4 is 5.32 Å². The first-order chi connectivity index (χ1) is 8.91. The second-order valence-electron chi connectivity index (χ2n) is 6.29. The van der Waals surface area contributed by atoms with Crippen molar-refractivity contribution in [3.8, 4) is 0 Å². The van der Waals surface area contributed by atoms with Gasteiger partial charge in [-0.05, 0) is 26.7 Å². The Bertz CT molecular complexity index is 373. The topological polar surface area (TPSA) is 58.6 Å². The van der Waals surface area contributed by atoms with E-state index in [4.69, 9.17) is 4.74 Å². The molecule has 5 nitrogen and oxygen atoms in total. The summed E-state index contributed by atoms with van der Waals surface area (Å²) in [6, 6.07) is 0. The van der Waals surface area contributed by atoms with E-state index in [1.165, 1.54) is 0 Å². The molecule has 0 aromatic heterocycles. The highest BCUT2D eigenvalue weighted by molar-refractivity contribution is 5.94. The molecule has 1 aliphatic heterocycles. The number of hydrogen-bond donors (Lipinski definition) is 1. The number of nitrogens with one attached hydrogen (secondary N) is 1. The first-order valence-corrected chi connectivity index (χ1v) is 7.03. The SMILES string of the molecule is COCC(C)(C)N1CCC(=O)NC2(CCCC2)C1=O. The fourth-order valence-electron chi connectivity index (χ4n) is 3.28. The van der Waals surface area contributed by atoms with Crippen LogP contribution in [0.2, 0.25) is 0 Å². The Hall–Kier alpha value is -1.10. The van der Waals surface area contributed by atoms with E-state index in [1.807, 2.05) is 18.7 Å². The van der Waals surface area contributed by atoms with Crippen molar-refractivity contribution in [1.82, 2.24) is 10.2 Å². The predicted octanol–water partition coefficient (Wildman–Crippen LogP) is 1.07. The van der Waals surface area contributed by atoms with E-state index in [0.29, 0.717) is 19.6 Å². The number of rotatable bonds is 3. The maximum absolute atomic E-state index is 12.9. The minimum Gasteiger partial charge on any atom is -0.382 e. The molecule has 1 saturated heterocycles. The van der Waals surface area contributed by atoms with Gasteiger partial charge in [-0.2, -0.15) is 0 Å². The Balaban J connectivity index is 2.29. The largest absolute Gasteiger partial charge is 0.382 e. The molecule has 1 heterocycles. The van der Waals surface area contributed by atoms with Crippen molar-refractivity contribution in [2.45, 2.75) is 57.0 Å². The molecule has 0 unspecified atom stereocenters. The second-order valence-corrected chi connectivity index (χ2v) is 6.29. The smallest absolute Gasteiger partial charge is 0.248 e. The van der Waals surface area contributed by atoms with E-state index < -0.39 is 5.54 Å². The maximum atomic E-state index is 12.9. The number of carbonyl (C=O) groups excluding carboxylic acids is 2. The van der Waals surface area contributed by atoms with Gasteiger partial charge in [-0.1, -0.05) is 12.8 Å². The minimum atomic E-state index is -0.654. The summed E-state index contributed by atoms with van der Waals surface area (Å²) in [5.74, 6) is 0.0591. The molecule has 0 aromatic carbocycles. The predicted molar refractivity (Wildman–Crippen MR) is 71.6 cm³/mol. The zero-order valence-corrected chi connectivity index (χ0v) is 12.1. The zero-order chi connectivity index (χ0) is 14.1. The number of nitrogens with zero attached hydrogens (tertiary/aromatic N) is 1. The normalized spacial score (nSPS) is 23.6. The van der Waals surface area contributed by atoms with Crippen molar-refractivity contribution in [3.05, 3.63) is 0 Å². The molecule has 2 amide bonds. The first kappa shape index (κ1) is 14.3. The van der Waals surface area contributed by atoms with Gasteiger partial charge in [0.15, 0.2) is 0 Å². The Kier molecular flexibility index (Phi) is 3.85. The Morgan fingerprint density at radius 2 is 1.95 bits per heavy atom. The second kappa shape index (κ2) is 5.12. The summed E-state index contributed by atoms with van der Waals surface area (Å²) in [5, 5.41) is 2.98. The van der Waals surface area contributed by atoms with Gasteiger partial charge in [0.05, 0.1) is 12.1 Å². The minimum absolute atomic E-state index is 0.00836. The fourth-order valence-corrected chi connectivity index (χ4v) is 3.28. The van der Waals surface area contributed by atoms with Crippen molar-refractivity contribution >= 4 is 11.8 Å². The summed E-state index contributed by atoms with van der Waals surface area (Å²) < 4.78 is 5.23. The average Bonchev–Trinajstić information content (AvgIpc) is 2.73. The van der Waals surface area contributed by atoms with Gasteiger partial charge in [0, 0.05) is 20.1 Å². The molecular weight excluding hydrogens is 244 g/mol. The summed E-state index contributed by atoms with van der Waals surface area (Å²) in [7, 11) is 1.64. The molecule has 1 aliphatic carbocycles. The van der Waals surface area contributed by atoms with Crippen LogP contribution in [0, 0.1) is 0 Å². The van der Waals surface area contributed by atoms with Crippen LogP contribution >= 0.6 is 0 Å². The quantitative estimate of drug-likeness (QED) is 0.833. The van der Waals surface area contributed by atoms with E-state index >= 15 is 0 Å². The van der Waals surface area contributed by atoms with Crippen LogP contribution in [0.4, 0.5) is 0 Å². The third kappa shape index (κ3) is 2.61. The first-order valence-electron chi connectivity index (χ1n) is 7.03. The monoisotopic (exact) mass is 268 g/mol. The van der Waals surface area contributed by atoms with Crippen LogP contribution in [0.5, 0.6) is 0 Å². The van der Waals surface area contributed by atoms with Gasteiger partial charge in [-0.15, -0.1) is 0 Å². The van der Waals surface area contributed by atoms with Crippen LogP contribution in [0.15, 0.2) is 0 Å². The lowest BCUT2D eigenvalue weighted by molar-refractivity contribution is -0.145. The van der Waals surface area contributed by atoms with Crippen LogP contribution in [0.1, 0.15) is 46.0 Å². The number of amides is 2. The molecule has 108 valence electrons. The molecule has 0 bridgehead atoms. The van der Waals surface area contributed by atoms with E-state index in [9.17, 15) is 9.59 Å².